The molecule has 0 radical (unpaired) electrons. The van der Waals surface area contributed by atoms with Crippen LogP contribution in [0.15, 0.2) is 60.9 Å². The summed E-state index contributed by atoms with van der Waals surface area (Å²) < 4.78 is 0. The van der Waals surface area contributed by atoms with Crippen LogP contribution in [0.5, 0.6) is 0 Å². The number of fused-ring (bicyclic) bond motifs is 2. The number of aromatic amines is 2. The predicted molar refractivity (Wildman–Crippen MR) is 216 cm³/mol. The van der Waals surface area contributed by atoms with E-state index >= 15 is 0 Å². The number of hydrogen-bond donors (Lipinski definition) is 10. The van der Waals surface area contributed by atoms with Crippen molar-refractivity contribution < 1.29 is 43.8 Å². The lowest BCUT2D eigenvalue weighted by molar-refractivity contribution is -0.143. The Morgan fingerprint density at radius 2 is 1.12 bits per heavy atom. The average molecular weight is 823 g/mol. The Hall–Kier alpha value is -5.53. The molecule has 1 saturated heterocycles. The summed E-state index contributed by atoms with van der Waals surface area (Å²) in [5, 5.41) is 34.0. The van der Waals surface area contributed by atoms with Gasteiger partial charge in [-0.1, -0.05) is 71.8 Å². The van der Waals surface area contributed by atoms with Gasteiger partial charge in [0.25, 0.3) is 0 Å². The third-order valence-corrected chi connectivity index (χ3v) is 11.8. The van der Waals surface area contributed by atoms with Crippen molar-refractivity contribution in [2.45, 2.75) is 75.8 Å². The fraction of sp³-hybridized carbons (Fsp3) is 0.395. The van der Waals surface area contributed by atoms with Crippen LogP contribution < -0.4 is 32.3 Å². The van der Waals surface area contributed by atoms with Gasteiger partial charge in [-0.15, -0.1) is 0 Å². The molecule has 6 atom stereocenters. The van der Waals surface area contributed by atoms with E-state index in [0.717, 1.165) is 43.4 Å². The number of hydrogen-bond acceptors (Lipinski definition) is 10. The molecule has 19 heteroatoms. The number of para-hydroxylation sites is 2. The summed E-state index contributed by atoms with van der Waals surface area (Å²) in [7, 11) is 2.07. The number of carboxylic acid groups (broad SMARTS) is 2. The van der Waals surface area contributed by atoms with Crippen LogP contribution in [-0.2, 0) is 46.4 Å². The zero-order valence-electron chi connectivity index (χ0n) is 31.2. The molecule has 304 valence electrons. The molecule has 1 aliphatic rings. The molecule has 4 aromatic rings. The summed E-state index contributed by atoms with van der Waals surface area (Å²) in [6.45, 7) is 3.73. The first-order valence-electron chi connectivity index (χ1n) is 18.3. The number of nitrogens with two attached hydrogens (primary N) is 1. The molecule has 0 saturated carbocycles. The zero-order valence-corrected chi connectivity index (χ0v) is 32.8. The summed E-state index contributed by atoms with van der Waals surface area (Å²) in [5.41, 5.74) is 8.97. The normalized spacial score (nSPS) is 23.6. The van der Waals surface area contributed by atoms with Crippen LogP contribution in [0.4, 0.5) is 0 Å². The van der Waals surface area contributed by atoms with Crippen LogP contribution in [0, 0.1) is 5.92 Å². The fourth-order valence-corrected chi connectivity index (χ4v) is 8.68. The Labute approximate surface area is 335 Å². The van der Waals surface area contributed by atoms with Crippen LogP contribution >= 0.6 is 21.6 Å². The summed E-state index contributed by atoms with van der Waals surface area (Å²) in [6, 6.07) is 6.41. The standard InChI is InChI=1S/C38H46N8O9S2/c1-19(2)11-27-34(50)43-28(12-20-15-40-25-9-5-3-7-22(20)25)35(51)44-29(13-21-16-41-26-10-6-4-8-23(21)26)36(52)45-30(14-32(47)48)37(53)46-31(38(54)55)18-57-56-17-24(39)33(49)42-27/h3-10,15-16,19,24,27-31,40-41H,11-14,17-18,39H2,1-2H3,(H,42,49)(H,43,50)(H,44,51)(H,45,52)(H,46,53)(H,47,48)(H,54,55). The minimum absolute atomic E-state index is 0.00785. The number of carbonyl (C=O) groups excluding carboxylic acids is 5. The second kappa shape index (κ2) is 19.6. The first-order valence-corrected chi connectivity index (χ1v) is 20.7. The van der Waals surface area contributed by atoms with Crippen LogP contribution in [0.1, 0.15) is 37.8 Å². The number of aromatic nitrogens is 2. The second-order valence-electron chi connectivity index (χ2n) is 14.2. The maximum Gasteiger partial charge on any atom is 0.327 e. The SMILES string of the molecule is CC(C)CC1NC(=O)C(N)CSSCC(C(=O)O)NC(=O)C(CC(=O)O)NC(=O)C(Cc2c[nH]c3ccccc23)NC(=O)C(Cc2c[nH]c3ccccc23)NC1=O. The van der Waals surface area contributed by atoms with Gasteiger partial charge >= 0.3 is 11.9 Å². The van der Waals surface area contributed by atoms with Crippen molar-refractivity contribution in [2.24, 2.45) is 11.7 Å². The number of carboxylic acids is 2. The van der Waals surface area contributed by atoms with E-state index in [1.165, 1.54) is 0 Å². The van der Waals surface area contributed by atoms with Crippen molar-refractivity contribution >= 4 is 84.9 Å². The number of benzene rings is 2. The summed E-state index contributed by atoms with van der Waals surface area (Å²) in [4.78, 5) is 99.7. The lowest BCUT2D eigenvalue weighted by Gasteiger charge is -2.27. The molecule has 3 heterocycles. The van der Waals surface area contributed by atoms with Crippen molar-refractivity contribution in [2.75, 3.05) is 11.5 Å². The Bertz CT molecular complexity index is 2120. The molecule has 11 N–H and O–H groups in total. The Morgan fingerprint density at radius 1 is 0.667 bits per heavy atom. The van der Waals surface area contributed by atoms with E-state index < -0.39 is 84.1 Å². The molecular formula is C38H46N8O9S2. The number of H-pyrrole nitrogens is 2. The van der Waals surface area contributed by atoms with Crippen LogP contribution in [0.3, 0.4) is 0 Å². The molecule has 0 spiro atoms. The second-order valence-corrected chi connectivity index (χ2v) is 16.7. The molecule has 0 bridgehead atoms. The molecular weight excluding hydrogens is 777 g/mol. The number of carbonyl (C=O) groups is 7. The monoisotopic (exact) mass is 822 g/mol. The molecule has 5 rings (SSSR count). The number of nitrogens with one attached hydrogen (secondary N) is 7. The topological polar surface area (TPSA) is 278 Å². The lowest BCUT2D eigenvalue weighted by atomic mass is 9.99. The van der Waals surface area contributed by atoms with Gasteiger partial charge in [-0.2, -0.15) is 0 Å². The van der Waals surface area contributed by atoms with Crippen molar-refractivity contribution in [3.8, 4) is 0 Å². The van der Waals surface area contributed by atoms with Crippen LogP contribution in [0.2, 0.25) is 0 Å². The molecule has 1 aliphatic heterocycles. The number of aliphatic carboxylic acids is 2. The van der Waals surface area contributed by atoms with Gasteiger partial charge in [0.05, 0.1) is 12.5 Å². The summed E-state index contributed by atoms with van der Waals surface area (Å²) in [6.07, 6.45) is 2.49. The van der Waals surface area contributed by atoms with Gasteiger partial charge in [-0.3, -0.25) is 28.8 Å². The highest BCUT2D eigenvalue weighted by Crippen LogP contribution is 2.24. The van der Waals surface area contributed by atoms with Gasteiger partial charge in [0.15, 0.2) is 0 Å². The summed E-state index contributed by atoms with van der Waals surface area (Å²) in [5.74, 6) is -7.25. The van der Waals surface area contributed by atoms with Crippen molar-refractivity contribution in [3.05, 3.63) is 72.1 Å². The zero-order chi connectivity index (χ0) is 41.2. The number of amides is 5. The van der Waals surface area contributed by atoms with E-state index in [1.807, 2.05) is 56.3 Å². The van der Waals surface area contributed by atoms with Crippen molar-refractivity contribution in [3.63, 3.8) is 0 Å². The van der Waals surface area contributed by atoms with E-state index in [-0.39, 0.29) is 36.7 Å². The molecule has 2 aromatic heterocycles. The minimum Gasteiger partial charge on any atom is -0.481 e. The van der Waals surface area contributed by atoms with Gasteiger partial charge in [-0.25, -0.2) is 4.79 Å². The largest absolute Gasteiger partial charge is 0.481 e. The Balaban J connectivity index is 1.55. The molecule has 57 heavy (non-hydrogen) atoms. The predicted octanol–water partition coefficient (Wildman–Crippen LogP) is 1.19. The molecule has 2 aromatic carbocycles. The van der Waals surface area contributed by atoms with Gasteiger partial charge < -0.3 is 52.5 Å². The highest BCUT2D eigenvalue weighted by atomic mass is 33.1. The quantitative estimate of drug-likeness (QED) is 0.107. The fourth-order valence-electron chi connectivity index (χ4n) is 6.40. The molecule has 1 fully saturated rings. The smallest absolute Gasteiger partial charge is 0.327 e. The van der Waals surface area contributed by atoms with Gasteiger partial charge in [0.1, 0.15) is 30.2 Å². The molecule has 0 aliphatic carbocycles. The van der Waals surface area contributed by atoms with Crippen molar-refractivity contribution in [1.82, 2.24) is 36.6 Å². The third-order valence-electron chi connectivity index (χ3n) is 9.33. The maximum absolute atomic E-state index is 14.5. The van der Waals surface area contributed by atoms with Crippen LogP contribution in [0.25, 0.3) is 21.8 Å². The highest BCUT2D eigenvalue weighted by Gasteiger charge is 2.35. The summed E-state index contributed by atoms with van der Waals surface area (Å²) >= 11 is 0. The van der Waals surface area contributed by atoms with E-state index in [1.54, 1.807) is 18.5 Å². The van der Waals surface area contributed by atoms with E-state index in [9.17, 15) is 43.8 Å². The first kappa shape index (κ1) is 42.6. The van der Waals surface area contributed by atoms with Crippen LogP contribution in [-0.4, -0.2) is 109 Å². The molecule has 17 nitrogen and oxygen atoms in total. The van der Waals surface area contributed by atoms with Crippen molar-refractivity contribution in [1.29, 1.82) is 0 Å². The lowest BCUT2D eigenvalue weighted by Crippen LogP contribution is -2.60. The highest BCUT2D eigenvalue weighted by molar-refractivity contribution is 8.76. The van der Waals surface area contributed by atoms with Gasteiger partial charge in [0.2, 0.25) is 29.5 Å². The number of rotatable bonds is 9. The molecule has 5 amide bonds. The third kappa shape index (κ3) is 11.5. The Kier molecular flexibility index (Phi) is 14.6. The minimum atomic E-state index is -1.74. The van der Waals surface area contributed by atoms with E-state index in [4.69, 9.17) is 5.73 Å². The van der Waals surface area contributed by atoms with E-state index in [2.05, 4.69) is 36.6 Å². The van der Waals surface area contributed by atoms with Gasteiger partial charge in [0, 0.05) is 58.5 Å². The van der Waals surface area contributed by atoms with E-state index in [0.29, 0.717) is 11.1 Å². The average Bonchev–Trinajstić information content (AvgIpc) is 3.77. The van der Waals surface area contributed by atoms with Gasteiger partial charge in [-0.05, 0) is 35.6 Å². The maximum atomic E-state index is 14.5. The molecule has 6 unspecified atom stereocenters. The Morgan fingerprint density at radius 3 is 1.63 bits per heavy atom. The first-order chi connectivity index (χ1) is 27.2.